The van der Waals surface area contributed by atoms with E-state index in [1.807, 2.05) is 45.0 Å². The van der Waals surface area contributed by atoms with Gasteiger partial charge in [0.2, 0.25) is 11.9 Å². The molecule has 0 unspecified atom stereocenters. The van der Waals surface area contributed by atoms with E-state index < -0.39 is 5.41 Å². The Morgan fingerprint density at radius 2 is 1.81 bits per heavy atom. The fourth-order valence-electron chi connectivity index (χ4n) is 2.14. The van der Waals surface area contributed by atoms with Gasteiger partial charge in [-0.2, -0.15) is 0 Å². The summed E-state index contributed by atoms with van der Waals surface area (Å²) in [5, 5.41) is 6.02. The smallest absolute Gasteiger partial charge is 0.232 e. The first-order valence-corrected chi connectivity index (χ1v) is 6.91. The third kappa shape index (κ3) is 2.57. The highest BCUT2D eigenvalue weighted by Gasteiger charge is 2.22. The van der Waals surface area contributed by atoms with Crippen molar-refractivity contribution >= 4 is 33.5 Å². The minimum Gasteiger partial charge on any atom is -0.294 e. The van der Waals surface area contributed by atoms with E-state index in [2.05, 4.69) is 27.4 Å². The quantitative estimate of drug-likeness (QED) is 0.690. The maximum Gasteiger partial charge on any atom is 0.232 e. The highest BCUT2D eigenvalue weighted by atomic mass is 16.2. The number of carbonyl (C=O) groups is 1. The largest absolute Gasteiger partial charge is 0.294 e. The minimum absolute atomic E-state index is 0.0948. The molecular weight excluding hydrogens is 262 g/mol. The van der Waals surface area contributed by atoms with Gasteiger partial charge in [0.1, 0.15) is 0 Å². The van der Waals surface area contributed by atoms with Crippen molar-refractivity contribution in [3.8, 4) is 0 Å². The van der Waals surface area contributed by atoms with Crippen molar-refractivity contribution in [3.63, 3.8) is 0 Å². The molecule has 1 aromatic heterocycles. The molecule has 0 aliphatic heterocycles. The molecule has 1 N–H and O–H groups in total. The lowest BCUT2D eigenvalue weighted by Gasteiger charge is -2.16. The first-order valence-electron chi connectivity index (χ1n) is 6.91. The van der Waals surface area contributed by atoms with Crippen LogP contribution in [0.2, 0.25) is 0 Å². The predicted molar refractivity (Wildman–Crippen MR) is 85.1 cm³/mol. The molecule has 0 fully saturated rings. The molecule has 4 nitrogen and oxygen atoms in total. The van der Waals surface area contributed by atoms with Gasteiger partial charge in [-0.3, -0.25) is 10.1 Å². The second kappa shape index (κ2) is 4.81. The van der Waals surface area contributed by atoms with Crippen LogP contribution in [-0.4, -0.2) is 15.9 Å². The number of rotatable bonds is 1. The van der Waals surface area contributed by atoms with Crippen LogP contribution >= 0.6 is 0 Å². The molecule has 0 bridgehead atoms. The Morgan fingerprint density at radius 1 is 1.05 bits per heavy atom. The summed E-state index contributed by atoms with van der Waals surface area (Å²) >= 11 is 0. The summed E-state index contributed by atoms with van der Waals surface area (Å²) in [6, 6.07) is 12.1. The Kier molecular flexibility index (Phi) is 3.09. The van der Waals surface area contributed by atoms with Crippen molar-refractivity contribution in [2.24, 2.45) is 5.41 Å². The van der Waals surface area contributed by atoms with Gasteiger partial charge in [0.15, 0.2) is 0 Å². The SMILES string of the molecule is CC(C)(C)C(=O)Nc1ncc2c(ccc3ccccc32)n1. The lowest BCUT2D eigenvalue weighted by molar-refractivity contribution is -0.123. The van der Waals surface area contributed by atoms with Gasteiger partial charge in [0, 0.05) is 17.0 Å². The zero-order valence-corrected chi connectivity index (χ0v) is 12.3. The van der Waals surface area contributed by atoms with Gasteiger partial charge in [-0.1, -0.05) is 51.1 Å². The molecule has 0 radical (unpaired) electrons. The Morgan fingerprint density at radius 3 is 2.57 bits per heavy atom. The summed E-state index contributed by atoms with van der Waals surface area (Å²) < 4.78 is 0. The third-order valence-corrected chi connectivity index (χ3v) is 3.40. The molecule has 1 amide bonds. The Labute approximate surface area is 123 Å². The number of benzene rings is 2. The fourth-order valence-corrected chi connectivity index (χ4v) is 2.14. The maximum atomic E-state index is 12.0. The lowest BCUT2D eigenvalue weighted by atomic mass is 9.96. The van der Waals surface area contributed by atoms with Crippen LogP contribution in [-0.2, 0) is 4.79 Å². The van der Waals surface area contributed by atoms with Crippen LogP contribution in [0.25, 0.3) is 21.7 Å². The summed E-state index contributed by atoms with van der Waals surface area (Å²) in [5.41, 5.74) is 0.356. The van der Waals surface area contributed by atoms with E-state index >= 15 is 0 Å². The van der Waals surface area contributed by atoms with Crippen molar-refractivity contribution in [1.29, 1.82) is 0 Å². The number of amides is 1. The number of anilines is 1. The van der Waals surface area contributed by atoms with Gasteiger partial charge in [-0.15, -0.1) is 0 Å². The number of nitrogens with one attached hydrogen (secondary N) is 1. The van der Waals surface area contributed by atoms with E-state index in [1.54, 1.807) is 6.20 Å². The second-order valence-electron chi connectivity index (χ2n) is 6.12. The Hall–Kier alpha value is -2.49. The molecule has 0 spiro atoms. The topological polar surface area (TPSA) is 54.9 Å². The van der Waals surface area contributed by atoms with Gasteiger partial charge >= 0.3 is 0 Å². The average Bonchev–Trinajstić information content (AvgIpc) is 2.46. The molecule has 0 saturated heterocycles. The molecule has 3 aromatic rings. The first-order chi connectivity index (χ1) is 9.95. The van der Waals surface area contributed by atoms with Gasteiger partial charge in [-0.05, 0) is 16.8 Å². The van der Waals surface area contributed by atoms with Crippen LogP contribution in [0, 0.1) is 5.41 Å². The van der Waals surface area contributed by atoms with Crippen molar-refractivity contribution in [1.82, 2.24) is 9.97 Å². The van der Waals surface area contributed by atoms with Crippen LogP contribution in [0.4, 0.5) is 5.95 Å². The van der Waals surface area contributed by atoms with Crippen molar-refractivity contribution in [2.45, 2.75) is 20.8 Å². The van der Waals surface area contributed by atoms with Crippen molar-refractivity contribution < 1.29 is 4.79 Å². The third-order valence-electron chi connectivity index (χ3n) is 3.40. The highest BCUT2D eigenvalue weighted by Crippen LogP contribution is 2.24. The molecule has 21 heavy (non-hydrogen) atoms. The van der Waals surface area contributed by atoms with Crippen LogP contribution < -0.4 is 5.32 Å². The number of aromatic nitrogens is 2. The molecule has 2 aromatic carbocycles. The van der Waals surface area contributed by atoms with E-state index in [9.17, 15) is 4.79 Å². The van der Waals surface area contributed by atoms with Crippen LogP contribution in [0.3, 0.4) is 0 Å². The van der Waals surface area contributed by atoms with Gasteiger partial charge < -0.3 is 0 Å². The van der Waals surface area contributed by atoms with E-state index in [4.69, 9.17) is 0 Å². The monoisotopic (exact) mass is 279 g/mol. The average molecular weight is 279 g/mol. The first kappa shape index (κ1) is 13.5. The van der Waals surface area contributed by atoms with Crippen LogP contribution in [0.5, 0.6) is 0 Å². The predicted octanol–water partition coefficient (Wildman–Crippen LogP) is 3.77. The molecular formula is C17H17N3O. The number of nitrogens with zero attached hydrogens (tertiary/aromatic N) is 2. The molecule has 0 aliphatic rings. The number of fused-ring (bicyclic) bond motifs is 3. The summed E-state index contributed by atoms with van der Waals surface area (Å²) in [6.45, 7) is 5.57. The molecule has 4 heteroatoms. The van der Waals surface area contributed by atoms with E-state index in [0.29, 0.717) is 5.95 Å². The van der Waals surface area contributed by atoms with Crippen molar-refractivity contribution in [2.75, 3.05) is 5.32 Å². The zero-order valence-electron chi connectivity index (χ0n) is 12.3. The highest BCUT2D eigenvalue weighted by molar-refractivity contribution is 6.06. The molecule has 0 saturated carbocycles. The summed E-state index contributed by atoms with van der Waals surface area (Å²) in [4.78, 5) is 20.7. The van der Waals surface area contributed by atoms with Crippen molar-refractivity contribution in [3.05, 3.63) is 42.6 Å². The minimum atomic E-state index is -0.471. The van der Waals surface area contributed by atoms with Gasteiger partial charge in [0.25, 0.3) is 0 Å². The molecule has 3 rings (SSSR count). The number of hydrogen-bond donors (Lipinski definition) is 1. The second-order valence-corrected chi connectivity index (χ2v) is 6.12. The van der Waals surface area contributed by atoms with Gasteiger partial charge in [0.05, 0.1) is 5.52 Å². The van der Waals surface area contributed by atoms with E-state index in [1.165, 1.54) is 0 Å². The van der Waals surface area contributed by atoms with Crippen LogP contribution in [0.1, 0.15) is 20.8 Å². The Balaban J connectivity index is 2.05. The molecule has 106 valence electrons. The maximum absolute atomic E-state index is 12.0. The normalized spacial score (nSPS) is 11.8. The zero-order chi connectivity index (χ0) is 15.0. The summed E-state index contributed by atoms with van der Waals surface area (Å²) in [5.74, 6) is 0.250. The lowest BCUT2D eigenvalue weighted by Crippen LogP contribution is -2.28. The number of carbonyl (C=O) groups excluding carboxylic acids is 1. The summed E-state index contributed by atoms with van der Waals surface area (Å²) in [7, 11) is 0. The standard InChI is InChI=1S/C17H17N3O/c1-17(2,3)15(21)20-16-18-10-13-12-7-5-4-6-11(12)8-9-14(13)19-16/h4-10H,1-3H3,(H,18,19,20,21). The van der Waals surface area contributed by atoms with E-state index in [0.717, 1.165) is 21.7 Å². The van der Waals surface area contributed by atoms with E-state index in [-0.39, 0.29) is 5.91 Å². The molecule has 0 atom stereocenters. The Bertz CT molecular complexity index is 834. The summed E-state index contributed by atoms with van der Waals surface area (Å²) in [6.07, 6.45) is 1.77. The fraction of sp³-hybridized carbons (Fsp3) is 0.235. The van der Waals surface area contributed by atoms with Crippen LogP contribution in [0.15, 0.2) is 42.6 Å². The molecule has 0 aliphatic carbocycles. The van der Waals surface area contributed by atoms with Gasteiger partial charge in [-0.25, -0.2) is 9.97 Å². The number of hydrogen-bond acceptors (Lipinski definition) is 3. The molecule has 1 heterocycles.